The van der Waals surface area contributed by atoms with Crippen molar-refractivity contribution in [2.75, 3.05) is 18.4 Å². The molecule has 1 aromatic heterocycles. The number of anilines is 1. The number of likely N-dealkylation sites (tertiary alicyclic amines) is 1. The molecule has 1 N–H and O–H groups in total. The van der Waals surface area contributed by atoms with Crippen molar-refractivity contribution < 1.29 is 4.92 Å². The average Bonchev–Trinajstić information content (AvgIpc) is 3.10. The Bertz CT molecular complexity index is 800. The van der Waals surface area contributed by atoms with Crippen molar-refractivity contribution in [1.82, 2.24) is 9.88 Å². The normalized spacial score (nSPS) is 18.5. The minimum Gasteiger partial charge on any atom is -0.366 e. The third kappa shape index (κ3) is 3.92. The first kappa shape index (κ1) is 16.9. The quantitative estimate of drug-likeness (QED) is 0.665. The van der Waals surface area contributed by atoms with E-state index in [0.29, 0.717) is 11.4 Å². The first-order chi connectivity index (χ1) is 12.1. The van der Waals surface area contributed by atoms with Crippen LogP contribution in [0.25, 0.3) is 0 Å². The Morgan fingerprint density at radius 1 is 1.44 bits per heavy atom. The Morgan fingerprint density at radius 3 is 2.96 bits per heavy atom. The van der Waals surface area contributed by atoms with Gasteiger partial charge in [0.1, 0.15) is 12.0 Å². The van der Waals surface area contributed by atoms with E-state index in [4.69, 9.17) is 5.26 Å². The third-order valence-corrected chi connectivity index (χ3v) is 4.58. The Hall–Kier alpha value is -2.98. The SMILES string of the molecule is C[C@@H](c1cccc(C#N)c1)N1CC[C@@H](Nc2ccc([N+](=O)[O-])cn2)C1. The molecule has 7 nitrogen and oxygen atoms in total. The Labute approximate surface area is 146 Å². The third-order valence-electron chi connectivity index (χ3n) is 4.58. The Morgan fingerprint density at radius 2 is 2.28 bits per heavy atom. The molecule has 2 atom stereocenters. The zero-order chi connectivity index (χ0) is 17.8. The molecule has 0 saturated carbocycles. The van der Waals surface area contributed by atoms with Crippen LogP contribution < -0.4 is 5.32 Å². The maximum absolute atomic E-state index is 10.7. The van der Waals surface area contributed by atoms with Crippen LogP contribution in [0.3, 0.4) is 0 Å². The van der Waals surface area contributed by atoms with Gasteiger partial charge in [0.15, 0.2) is 0 Å². The van der Waals surface area contributed by atoms with Crippen molar-refractivity contribution in [3.8, 4) is 6.07 Å². The van der Waals surface area contributed by atoms with Gasteiger partial charge in [-0.1, -0.05) is 12.1 Å². The highest BCUT2D eigenvalue weighted by atomic mass is 16.6. The number of nitrogens with zero attached hydrogens (tertiary/aromatic N) is 4. The van der Waals surface area contributed by atoms with E-state index in [1.54, 1.807) is 6.07 Å². The zero-order valence-corrected chi connectivity index (χ0v) is 13.9. The van der Waals surface area contributed by atoms with Gasteiger partial charge in [0.2, 0.25) is 0 Å². The number of hydrogen-bond donors (Lipinski definition) is 1. The monoisotopic (exact) mass is 337 g/mol. The second-order valence-electron chi connectivity index (χ2n) is 6.20. The summed E-state index contributed by atoms with van der Waals surface area (Å²) in [5.41, 5.74) is 1.80. The molecule has 128 valence electrons. The first-order valence-electron chi connectivity index (χ1n) is 8.18. The summed E-state index contributed by atoms with van der Waals surface area (Å²) in [5.74, 6) is 0.650. The van der Waals surface area contributed by atoms with Gasteiger partial charge in [-0.2, -0.15) is 5.26 Å². The molecule has 1 fully saturated rings. The number of nitriles is 1. The molecule has 0 spiro atoms. The lowest BCUT2D eigenvalue weighted by Gasteiger charge is -2.25. The van der Waals surface area contributed by atoms with Gasteiger partial charge in [-0.3, -0.25) is 15.0 Å². The first-order valence-corrected chi connectivity index (χ1v) is 8.18. The second-order valence-corrected chi connectivity index (χ2v) is 6.20. The summed E-state index contributed by atoms with van der Waals surface area (Å²) >= 11 is 0. The maximum atomic E-state index is 10.7. The minimum atomic E-state index is -0.453. The van der Waals surface area contributed by atoms with Gasteiger partial charge < -0.3 is 5.32 Å². The standard InChI is InChI=1S/C18H19N5O2/c1-13(15-4-2-3-14(9-15)10-19)22-8-7-16(12-22)21-18-6-5-17(11-20-18)23(24)25/h2-6,9,11,13,16H,7-8,12H2,1H3,(H,20,21)/t13-,16+/m0/s1. The van der Waals surface area contributed by atoms with E-state index in [0.717, 1.165) is 25.1 Å². The molecule has 1 aliphatic heterocycles. The molecule has 0 radical (unpaired) electrons. The number of rotatable bonds is 5. The van der Waals surface area contributed by atoms with Gasteiger partial charge in [-0.25, -0.2) is 4.98 Å². The lowest BCUT2D eigenvalue weighted by molar-refractivity contribution is -0.385. The fraction of sp³-hybridized carbons (Fsp3) is 0.333. The minimum absolute atomic E-state index is 0.00963. The highest BCUT2D eigenvalue weighted by molar-refractivity contribution is 5.41. The van der Waals surface area contributed by atoms with Gasteiger partial charge in [-0.15, -0.1) is 0 Å². The molecular weight excluding hydrogens is 318 g/mol. The van der Waals surface area contributed by atoms with Crippen molar-refractivity contribution in [1.29, 1.82) is 5.26 Å². The molecule has 1 saturated heterocycles. The van der Waals surface area contributed by atoms with Crippen molar-refractivity contribution >= 4 is 11.5 Å². The van der Waals surface area contributed by atoms with Gasteiger partial charge in [0.05, 0.1) is 16.6 Å². The van der Waals surface area contributed by atoms with Crippen LogP contribution in [-0.2, 0) is 0 Å². The van der Waals surface area contributed by atoms with Crippen LogP contribution in [0.1, 0.15) is 30.5 Å². The zero-order valence-electron chi connectivity index (χ0n) is 13.9. The highest BCUT2D eigenvalue weighted by Crippen LogP contribution is 2.26. The lowest BCUT2D eigenvalue weighted by Crippen LogP contribution is -2.28. The molecule has 0 amide bonds. The number of aromatic nitrogens is 1. The number of benzene rings is 1. The topological polar surface area (TPSA) is 95.1 Å². The Balaban J connectivity index is 1.61. The van der Waals surface area contributed by atoms with Crippen LogP contribution in [0.15, 0.2) is 42.6 Å². The van der Waals surface area contributed by atoms with Crippen molar-refractivity contribution in [2.24, 2.45) is 0 Å². The number of nitrogens with one attached hydrogen (secondary N) is 1. The molecular formula is C18H19N5O2. The summed E-state index contributed by atoms with van der Waals surface area (Å²) in [4.78, 5) is 16.7. The molecule has 3 rings (SSSR count). The molecule has 7 heteroatoms. The van der Waals surface area contributed by atoms with Crippen molar-refractivity contribution in [3.63, 3.8) is 0 Å². The molecule has 2 heterocycles. The van der Waals surface area contributed by atoms with Crippen molar-refractivity contribution in [3.05, 3.63) is 63.8 Å². The number of pyridine rings is 1. The summed E-state index contributed by atoms with van der Waals surface area (Å²) in [6, 6.07) is 13.5. The van der Waals surface area contributed by atoms with E-state index >= 15 is 0 Å². The van der Waals surface area contributed by atoms with E-state index in [1.165, 1.54) is 12.3 Å². The van der Waals surface area contributed by atoms with Crippen LogP contribution >= 0.6 is 0 Å². The van der Waals surface area contributed by atoms with E-state index in [9.17, 15) is 10.1 Å². The highest BCUT2D eigenvalue weighted by Gasteiger charge is 2.27. The number of nitro groups is 1. The molecule has 0 bridgehead atoms. The number of hydrogen-bond acceptors (Lipinski definition) is 6. The summed E-state index contributed by atoms with van der Waals surface area (Å²) in [6.07, 6.45) is 2.24. The molecule has 0 unspecified atom stereocenters. The van der Waals surface area contributed by atoms with Crippen molar-refractivity contribution in [2.45, 2.75) is 25.4 Å². The van der Waals surface area contributed by atoms with Crippen LogP contribution in [0.2, 0.25) is 0 Å². The van der Waals surface area contributed by atoms with Crippen LogP contribution in [-0.4, -0.2) is 33.9 Å². The Kier molecular flexibility index (Phi) is 4.91. The van der Waals surface area contributed by atoms with E-state index in [-0.39, 0.29) is 17.8 Å². The smallest absolute Gasteiger partial charge is 0.287 e. The predicted molar refractivity (Wildman–Crippen MR) is 94.1 cm³/mol. The van der Waals surface area contributed by atoms with E-state index < -0.39 is 4.92 Å². The molecule has 2 aromatic rings. The molecule has 0 aliphatic carbocycles. The summed E-state index contributed by atoms with van der Waals surface area (Å²) in [5, 5.41) is 23.1. The second kappa shape index (κ2) is 7.28. The van der Waals surface area contributed by atoms with Gasteiger partial charge in [-0.05, 0) is 37.1 Å². The predicted octanol–water partition coefficient (Wildman–Crippen LogP) is 3.11. The largest absolute Gasteiger partial charge is 0.366 e. The van der Waals surface area contributed by atoms with Gasteiger partial charge >= 0.3 is 0 Å². The fourth-order valence-electron chi connectivity index (χ4n) is 3.12. The molecule has 25 heavy (non-hydrogen) atoms. The van der Waals surface area contributed by atoms with Gasteiger partial charge in [0.25, 0.3) is 5.69 Å². The van der Waals surface area contributed by atoms with Gasteiger partial charge in [0, 0.05) is 31.2 Å². The van der Waals surface area contributed by atoms with E-state index in [2.05, 4.69) is 28.2 Å². The van der Waals surface area contributed by atoms with Crippen LogP contribution in [0.4, 0.5) is 11.5 Å². The summed E-state index contributed by atoms with van der Waals surface area (Å²) in [6.45, 7) is 3.95. The summed E-state index contributed by atoms with van der Waals surface area (Å²) < 4.78 is 0. The fourth-order valence-corrected chi connectivity index (χ4v) is 3.12. The maximum Gasteiger partial charge on any atom is 0.287 e. The lowest BCUT2D eigenvalue weighted by atomic mass is 10.0. The molecule has 1 aromatic carbocycles. The molecule has 1 aliphatic rings. The average molecular weight is 337 g/mol. The van der Waals surface area contributed by atoms with Crippen LogP contribution in [0.5, 0.6) is 0 Å². The summed E-state index contributed by atoms with van der Waals surface area (Å²) in [7, 11) is 0. The van der Waals surface area contributed by atoms with Crippen LogP contribution in [0, 0.1) is 21.4 Å². The van der Waals surface area contributed by atoms with E-state index in [1.807, 2.05) is 24.3 Å².